The van der Waals surface area contributed by atoms with Crippen molar-refractivity contribution in [3.05, 3.63) is 52.9 Å². The van der Waals surface area contributed by atoms with Gasteiger partial charge in [0.2, 0.25) is 0 Å². The molecule has 0 N–H and O–H groups in total. The maximum atomic E-state index is 12.4. The van der Waals surface area contributed by atoms with Crippen molar-refractivity contribution in [1.82, 2.24) is 19.7 Å². The lowest BCUT2D eigenvalue weighted by Gasteiger charge is -2.13. The number of benzene rings is 1. The fourth-order valence-corrected chi connectivity index (χ4v) is 4.41. The van der Waals surface area contributed by atoms with Gasteiger partial charge in [-0.1, -0.05) is 30.0 Å². The summed E-state index contributed by atoms with van der Waals surface area (Å²) >= 11 is 2.95. The molecule has 0 radical (unpaired) electrons. The van der Waals surface area contributed by atoms with Gasteiger partial charge in [0.05, 0.1) is 21.9 Å². The monoisotopic (exact) mass is 370 g/mol. The maximum Gasteiger partial charge on any atom is 0.262 e. The van der Waals surface area contributed by atoms with E-state index in [0.717, 1.165) is 10.7 Å². The van der Waals surface area contributed by atoms with Crippen molar-refractivity contribution in [2.75, 3.05) is 5.88 Å². The molecule has 1 aromatic carbocycles. The Morgan fingerprint density at radius 3 is 2.36 bits per heavy atom. The number of hydrogen-bond acceptors (Lipinski definition) is 6. The number of amides is 2. The van der Waals surface area contributed by atoms with Crippen LogP contribution in [-0.4, -0.2) is 37.4 Å². The molecule has 3 aromatic rings. The average Bonchev–Trinajstić information content (AvgIpc) is 3.34. The van der Waals surface area contributed by atoms with Crippen LogP contribution in [-0.2, 0) is 6.54 Å². The average molecular weight is 370 g/mol. The Kier molecular flexibility index (Phi) is 4.14. The number of fused-ring (bicyclic) bond motifs is 1. The largest absolute Gasteiger partial charge is 0.302 e. The minimum Gasteiger partial charge on any atom is -0.302 e. The van der Waals surface area contributed by atoms with Crippen molar-refractivity contribution in [2.24, 2.45) is 0 Å². The van der Waals surface area contributed by atoms with Gasteiger partial charge in [-0.2, -0.15) is 0 Å². The quantitative estimate of drug-likeness (QED) is 0.509. The first-order chi connectivity index (χ1) is 12.2. The van der Waals surface area contributed by atoms with Gasteiger partial charge in [0.25, 0.3) is 11.8 Å². The molecule has 4 rings (SSSR count). The third-order valence-electron chi connectivity index (χ3n) is 3.98. The van der Waals surface area contributed by atoms with Gasteiger partial charge in [0, 0.05) is 6.54 Å². The van der Waals surface area contributed by atoms with E-state index in [0.29, 0.717) is 22.8 Å². The number of rotatable bonds is 5. The van der Waals surface area contributed by atoms with Crippen LogP contribution in [0.25, 0.3) is 10.7 Å². The predicted octanol–water partition coefficient (Wildman–Crippen LogP) is 3.37. The standard InChI is InChI=1S/C17H14N4O2S2/c1-2-20-14(13-8-5-9-24-13)18-19-17(20)25-10-21-15(22)11-6-3-4-7-12(11)16(21)23/h3-9H,2,10H2,1H3. The van der Waals surface area contributed by atoms with E-state index in [9.17, 15) is 9.59 Å². The molecule has 0 aliphatic carbocycles. The van der Waals surface area contributed by atoms with E-state index in [1.165, 1.54) is 16.7 Å². The summed E-state index contributed by atoms with van der Waals surface area (Å²) in [5.74, 6) is 0.514. The molecule has 8 heteroatoms. The highest BCUT2D eigenvalue weighted by Crippen LogP contribution is 2.29. The van der Waals surface area contributed by atoms with Gasteiger partial charge in [-0.3, -0.25) is 14.5 Å². The number of aromatic nitrogens is 3. The van der Waals surface area contributed by atoms with Gasteiger partial charge in [-0.05, 0) is 30.5 Å². The summed E-state index contributed by atoms with van der Waals surface area (Å²) in [6.45, 7) is 2.73. The Morgan fingerprint density at radius 1 is 1.04 bits per heavy atom. The van der Waals surface area contributed by atoms with Crippen LogP contribution in [0.1, 0.15) is 27.6 Å². The van der Waals surface area contributed by atoms with Crippen LogP contribution in [0.15, 0.2) is 46.9 Å². The molecule has 1 aliphatic heterocycles. The number of imide groups is 1. The Hall–Kier alpha value is -2.45. The van der Waals surface area contributed by atoms with Crippen LogP contribution < -0.4 is 0 Å². The zero-order valence-corrected chi connectivity index (χ0v) is 15.0. The number of carbonyl (C=O) groups is 2. The van der Waals surface area contributed by atoms with Crippen LogP contribution in [0.3, 0.4) is 0 Å². The smallest absolute Gasteiger partial charge is 0.262 e. The number of carbonyl (C=O) groups excluding carboxylic acids is 2. The van der Waals surface area contributed by atoms with Crippen LogP contribution in [0, 0.1) is 0 Å². The summed E-state index contributed by atoms with van der Waals surface area (Å²) in [4.78, 5) is 27.2. The van der Waals surface area contributed by atoms with E-state index in [1.54, 1.807) is 35.6 Å². The van der Waals surface area contributed by atoms with Gasteiger partial charge >= 0.3 is 0 Å². The van der Waals surface area contributed by atoms with E-state index in [1.807, 2.05) is 29.0 Å². The maximum absolute atomic E-state index is 12.4. The summed E-state index contributed by atoms with van der Waals surface area (Å²) in [7, 11) is 0. The summed E-state index contributed by atoms with van der Waals surface area (Å²) in [6, 6.07) is 10.9. The molecule has 0 saturated heterocycles. The molecular formula is C17H14N4O2S2. The number of thiophene rings is 1. The summed E-state index contributed by atoms with van der Waals surface area (Å²) in [6.07, 6.45) is 0. The predicted molar refractivity (Wildman–Crippen MR) is 96.7 cm³/mol. The van der Waals surface area contributed by atoms with E-state index in [-0.39, 0.29) is 17.7 Å². The van der Waals surface area contributed by atoms with Crippen molar-refractivity contribution < 1.29 is 9.59 Å². The fourth-order valence-electron chi connectivity index (χ4n) is 2.75. The molecule has 3 heterocycles. The molecule has 0 bridgehead atoms. The first kappa shape index (κ1) is 16.0. The minimum atomic E-state index is -0.255. The van der Waals surface area contributed by atoms with Gasteiger partial charge in [0.15, 0.2) is 11.0 Å². The molecule has 0 saturated carbocycles. The third kappa shape index (κ3) is 2.67. The van der Waals surface area contributed by atoms with E-state index >= 15 is 0 Å². The second-order valence-electron chi connectivity index (χ2n) is 5.39. The van der Waals surface area contributed by atoms with Crippen molar-refractivity contribution in [1.29, 1.82) is 0 Å². The number of nitrogens with zero attached hydrogens (tertiary/aromatic N) is 4. The lowest BCUT2D eigenvalue weighted by molar-refractivity contribution is 0.0684. The van der Waals surface area contributed by atoms with E-state index < -0.39 is 0 Å². The molecule has 6 nitrogen and oxygen atoms in total. The molecular weight excluding hydrogens is 356 g/mol. The van der Waals surface area contributed by atoms with Crippen molar-refractivity contribution in [2.45, 2.75) is 18.6 Å². The molecule has 126 valence electrons. The van der Waals surface area contributed by atoms with Crippen molar-refractivity contribution >= 4 is 34.9 Å². The first-order valence-corrected chi connectivity index (χ1v) is 9.62. The van der Waals surface area contributed by atoms with Crippen LogP contribution in [0.4, 0.5) is 0 Å². The Bertz CT molecular complexity index is 914. The lowest BCUT2D eigenvalue weighted by atomic mass is 10.1. The van der Waals surface area contributed by atoms with E-state index in [4.69, 9.17) is 0 Å². The lowest BCUT2D eigenvalue weighted by Crippen LogP contribution is -2.29. The van der Waals surface area contributed by atoms with Crippen LogP contribution in [0.2, 0.25) is 0 Å². The highest BCUT2D eigenvalue weighted by Gasteiger charge is 2.35. The Balaban J connectivity index is 1.55. The zero-order chi connectivity index (χ0) is 17.4. The Morgan fingerprint density at radius 2 is 1.76 bits per heavy atom. The summed E-state index contributed by atoms with van der Waals surface area (Å²) in [5.41, 5.74) is 0.925. The zero-order valence-electron chi connectivity index (χ0n) is 13.4. The highest BCUT2D eigenvalue weighted by molar-refractivity contribution is 7.99. The van der Waals surface area contributed by atoms with E-state index in [2.05, 4.69) is 10.2 Å². The molecule has 2 amide bonds. The Labute approximate surface area is 152 Å². The van der Waals surface area contributed by atoms with Crippen LogP contribution in [0.5, 0.6) is 0 Å². The topological polar surface area (TPSA) is 68.1 Å². The van der Waals surface area contributed by atoms with Crippen molar-refractivity contribution in [3.8, 4) is 10.7 Å². The first-order valence-electron chi connectivity index (χ1n) is 7.75. The number of thioether (sulfide) groups is 1. The SMILES string of the molecule is CCn1c(SCN2C(=O)c3ccccc3C2=O)nnc1-c1cccs1. The summed E-state index contributed by atoms with van der Waals surface area (Å²) < 4.78 is 1.99. The molecule has 2 aromatic heterocycles. The summed E-state index contributed by atoms with van der Waals surface area (Å²) in [5, 5.41) is 11.2. The molecule has 0 fully saturated rings. The molecule has 1 aliphatic rings. The van der Waals surface area contributed by atoms with Gasteiger partial charge in [0.1, 0.15) is 0 Å². The molecule has 0 unspecified atom stereocenters. The van der Waals surface area contributed by atoms with Crippen LogP contribution >= 0.6 is 23.1 Å². The fraction of sp³-hybridized carbons (Fsp3) is 0.176. The third-order valence-corrected chi connectivity index (χ3v) is 5.79. The second-order valence-corrected chi connectivity index (χ2v) is 7.24. The molecule has 25 heavy (non-hydrogen) atoms. The highest BCUT2D eigenvalue weighted by atomic mass is 32.2. The number of hydrogen-bond donors (Lipinski definition) is 0. The van der Waals surface area contributed by atoms with Gasteiger partial charge < -0.3 is 4.57 Å². The molecule has 0 atom stereocenters. The molecule has 0 spiro atoms. The van der Waals surface area contributed by atoms with Gasteiger partial charge in [-0.25, -0.2) is 0 Å². The minimum absolute atomic E-state index is 0.217. The second kappa shape index (κ2) is 6.45. The van der Waals surface area contributed by atoms with Gasteiger partial charge in [-0.15, -0.1) is 21.5 Å². The normalized spacial score (nSPS) is 13.6. The van der Waals surface area contributed by atoms with Crippen molar-refractivity contribution in [3.63, 3.8) is 0 Å².